The lowest BCUT2D eigenvalue weighted by Crippen LogP contribution is -2.46. The molecular formula is C26H32F3N5O4. The van der Waals surface area contributed by atoms with E-state index in [2.05, 4.69) is 26.7 Å². The number of pyridine rings is 1. The maximum Gasteiger partial charge on any atom is 0.423 e. The average Bonchev–Trinajstić information content (AvgIpc) is 2.89. The van der Waals surface area contributed by atoms with Crippen molar-refractivity contribution >= 4 is 17.1 Å². The second-order valence-corrected chi connectivity index (χ2v) is 9.38. The Morgan fingerprint density at radius 2 is 1.87 bits per heavy atom. The molecule has 12 heteroatoms. The molecule has 0 spiro atoms. The van der Waals surface area contributed by atoms with E-state index in [1.54, 1.807) is 6.20 Å². The summed E-state index contributed by atoms with van der Waals surface area (Å²) in [6.07, 6.45) is -0.329. The number of piperazine rings is 1. The fraction of sp³-hybridized carbons (Fsp3) is 0.500. The first-order chi connectivity index (χ1) is 18.1. The van der Waals surface area contributed by atoms with Crippen LogP contribution in [0.2, 0.25) is 0 Å². The van der Waals surface area contributed by atoms with Crippen LogP contribution in [0.15, 0.2) is 49.0 Å². The van der Waals surface area contributed by atoms with Crippen molar-refractivity contribution in [3.8, 4) is 5.88 Å². The van der Waals surface area contributed by atoms with E-state index in [1.807, 2.05) is 19.1 Å². The Morgan fingerprint density at radius 3 is 2.50 bits per heavy atom. The predicted molar refractivity (Wildman–Crippen MR) is 137 cm³/mol. The number of nitrogens with one attached hydrogen (secondary N) is 1. The molecule has 2 heterocycles. The zero-order valence-corrected chi connectivity index (χ0v) is 21.2. The van der Waals surface area contributed by atoms with Crippen molar-refractivity contribution < 1.29 is 27.6 Å². The highest BCUT2D eigenvalue weighted by molar-refractivity contribution is 5.55. The summed E-state index contributed by atoms with van der Waals surface area (Å²) in [4.78, 5) is 18.7. The number of hydrogen-bond donors (Lipinski definition) is 1. The van der Waals surface area contributed by atoms with E-state index in [1.165, 1.54) is 6.07 Å². The Hall–Kier alpha value is -3.70. The first-order valence-corrected chi connectivity index (χ1v) is 12.7. The third-order valence-electron chi connectivity index (χ3n) is 6.86. The highest BCUT2D eigenvalue weighted by Gasteiger charge is 2.38. The van der Waals surface area contributed by atoms with Crippen molar-refractivity contribution in [3.63, 3.8) is 0 Å². The van der Waals surface area contributed by atoms with Gasteiger partial charge in [-0.15, -0.1) is 0 Å². The van der Waals surface area contributed by atoms with Crippen LogP contribution in [0.4, 0.5) is 30.2 Å². The van der Waals surface area contributed by atoms with Gasteiger partial charge in [-0.3, -0.25) is 10.1 Å². The zero-order chi connectivity index (χ0) is 27.3. The topological polar surface area (TPSA) is 93.0 Å². The Bertz CT molecular complexity index is 1130. The summed E-state index contributed by atoms with van der Waals surface area (Å²) in [7, 11) is 0. The Kier molecular flexibility index (Phi) is 8.48. The first-order valence-electron chi connectivity index (χ1n) is 12.7. The van der Waals surface area contributed by atoms with Crippen LogP contribution in [-0.4, -0.2) is 59.7 Å². The summed E-state index contributed by atoms with van der Waals surface area (Å²) < 4.78 is 51.5. The molecule has 38 heavy (non-hydrogen) atoms. The van der Waals surface area contributed by atoms with Gasteiger partial charge in [0.15, 0.2) is 5.88 Å². The van der Waals surface area contributed by atoms with Gasteiger partial charge in [-0.1, -0.05) is 0 Å². The average molecular weight is 536 g/mol. The molecule has 206 valence electrons. The van der Waals surface area contributed by atoms with Crippen LogP contribution in [0.25, 0.3) is 0 Å². The molecule has 1 aromatic heterocycles. The van der Waals surface area contributed by atoms with Crippen molar-refractivity contribution in [2.75, 3.05) is 43.0 Å². The quantitative estimate of drug-likeness (QED) is 0.258. The minimum atomic E-state index is -4.81. The fourth-order valence-electron chi connectivity index (χ4n) is 4.88. The monoisotopic (exact) mass is 535 g/mol. The smallest absolute Gasteiger partial charge is 0.423 e. The van der Waals surface area contributed by atoms with Crippen LogP contribution in [0.3, 0.4) is 0 Å². The van der Waals surface area contributed by atoms with Gasteiger partial charge in [-0.25, -0.2) is 4.98 Å². The van der Waals surface area contributed by atoms with E-state index >= 15 is 0 Å². The summed E-state index contributed by atoms with van der Waals surface area (Å²) in [5.41, 5.74) is -0.957. The standard InChI is InChI=1S/C26H32F3N5O4/c1-3-37-18(2)32-12-14-33(15-13-32)21-10-11-30-25(17-21)38-22-7-4-19(5-8-22)31-20-6-9-24(34(35)36)23(16-20)26(27,28)29/h6,9-11,16-17,19,22,31H,2-5,7-8,12-15H2,1H3. The van der Waals surface area contributed by atoms with Gasteiger partial charge in [0.25, 0.3) is 5.69 Å². The highest BCUT2D eigenvalue weighted by Crippen LogP contribution is 2.38. The number of alkyl halides is 3. The number of ether oxygens (including phenoxy) is 2. The zero-order valence-electron chi connectivity index (χ0n) is 21.2. The van der Waals surface area contributed by atoms with Gasteiger partial charge in [0, 0.05) is 61.9 Å². The number of hydrogen-bond acceptors (Lipinski definition) is 8. The molecule has 0 bridgehead atoms. The highest BCUT2D eigenvalue weighted by atomic mass is 19.4. The molecule has 1 aromatic carbocycles. The van der Waals surface area contributed by atoms with Crippen LogP contribution >= 0.6 is 0 Å². The van der Waals surface area contributed by atoms with E-state index in [9.17, 15) is 23.3 Å². The Balaban J connectivity index is 1.29. The molecule has 2 fully saturated rings. The molecule has 4 rings (SSSR count). The molecule has 2 aromatic rings. The number of nitro groups is 1. The number of aromatic nitrogens is 1. The third kappa shape index (κ3) is 6.78. The van der Waals surface area contributed by atoms with Gasteiger partial charge in [0.2, 0.25) is 5.88 Å². The van der Waals surface area contributed by atoms with Crippen molar-refractivity contribution in [3.05, 3.63) is 64.7 Å². The summed E-state index contributed by atoms with van der Waals surface area (Å²) in [6, 6.07) is 6.86. The lowest BCUT2D eigenvalue weighted by atomic mass is 9.92. The molecule has 0 radical (unpaired) electrons. The maximum atomic E-state index is 13.3. The maximum absolute atomic E-state index is 13.3. The SMILES string of the molecule is C=C(OCC)N1CCN(c2ccnc(OC3CCC(Nc4ccc([N+](=O)[O-])c(C(F)(F)F)c4)CC3)c2)CC1. The minimum Gasteiger partial charge on any atom is -0.480 e. The summed E-state index contributed by atoms with van der Waals surface area (Å²) in [6.45, 7) is 9.79. The predicted octanol–water partition coefficient (Wildman–Crippen LogP) is 5.44. The lowest BCUT2D eigenvalue weighted by molar-refractivity contribution is -0.388. The van der Waals surface area contributed by atoms with Crippen molar-refractivity contribution in [2.45, 2.75) is 50.9 Å². The molecule has 9 nitrogen and oxygen atoms in total. The minimum absolute atomic E-state index is 0.0511. The molecule has 1 aliphatic carbocycles. The molecular weight excluding hydrogens is 503 g/mol. The Morgan fingerprint density at radius 1 is 1.16 bits per heavy atom. The van der Waals surface area contributed by atoms with E-state index in [-0.39, 0.29) is 17.8 Å². The van der Waals surface area contributed by atoms with Crippen molar-refractivity contribution in [2.24, 2.45) is 0 Å². The molecule has 0 unspecified atom stereocenters. The number of rotatable bonds is 9. The fourth-order valence-corrected chi connectivity index (χ4v) is 4.88. The van der Waals surface area contributed by atoms with Crippen LogP contribution in [-0.2, 0) is 10.9 Å². The van der Waals surface area contributed by atoms with Crippen LogP contribution in [0.1, 0.15) is 38.2 Å². The van der Waals surface area contributed by atoms with Gasteiger partial charge in [-0.2, -0.15) is 13.2 Å². The van der Waals surface area contributed by atoms with E-state index in [0.29, 0.717) is 44.1 Å². The van der Waals surface area contributed by atoms with E-state index in [4.69, 9.17) is 9.47 Å². The molecule has 1 N–H and O–H groups in total. The van der Waals surface area contributed by atoms with E-state index in [0.717, 1.165) is 44.0 Å². The molecule has 1 saturated heterocycles. The molecule has 0 amide bonds. The third-order valence-corrected chi connectivity index (χ3v) is 6.86. The molecule has 2 aliphatic rings. The number of halogens is 3. The second kappa shape index (κ2) is 11.8. The molecule has 1 aliphatic heterocycles. The van der Waals surface area contributed by atoms with Crippen LogP contribution in [0, 0.1) is 10.1 Å². The number of benzene rings is 1. The van der Waals surface area contributed by atoms with Gasteiger partial charge in [0.1, 0.15) is 11.7 Å². The Labute approximate surface area is 219 Å². The summed E-state index contributed by atoms with van der Waals surface area (Å²) >= 11 is 0. The number of anilines is 2. The largest absolute Gasteiger partial charge is 0.480 e. The number of nitro benzene ring substituents is 1. The van der Waals surface area contributed by atoms with Crippen molar-refractivity contribution in [1.82, 2.24) is 9.88 Å². The molecule has 1 saturated carbocycles. The normalized spacial score (nSPS) is 20.1. The first kappa shape index (κ1) is 27.3. The van der Waals surface area contributed by atoms with Gasteiger partial charge >= 0.3 is 6.18 Å². The van der Waals surface area contributed by atoms with E-state index < -0.39 is 22.4 Å². The lowest BCUT2D eigenvalue weighted by Gasteiger charge is -2.37. The summed E-state index contributed by atoms with van der Waals surface area (Å²) in [5, 5.41) is 14.1. The number of nitrogens with zero attached hydrogens (tertiary/aromatic N) is 4. The summed E-state index contributed by atoms with van der Waals surface area (Å²) in [5.74, 6) is 1.25. The van der Waals surface area contributed by atoms with Gasteiger partial charge in [0.05, 0.1) is 11.5 Å². The van der Waals surface area contributed by atoms with Crippen molar-refractivity contribution in [1.29, 1.82) is 0 Å². The van der Waals surface area contributed by atoms with Crippen LogP contribution < -0.4 is 15.0 Å². The van der Waals surface area contributed by atoms with Gasteiger partial charge < -0.3 is 24.6 Å². The van der Waals surface area contributed by atoms with Gasteiger partial charge in [-0.05, 0) is 57.4 Å². The second-order valence-electron chi connectivity index (χ2n) is 9.38. The van der Waals surface area contributed by atoms with Crippen LogP contribution in [0.5, 0.6) is 5.88 Å². The molecule has 0 atom stereocenters.